The minimum atomic E-state index is -0.576. The third-order valence-corrected chi connectivity index (χ3v) is 4.91. The van der Waals surface area contributed by atoms with Crippen LogP contribution in [0.1, 0.15) is 23.9 Å². The number of nitrogens with zero attached hydrogens (tertiary/aromatic N) is 2. The van der Waals surface area contributed by atoms with Crippen molar-refractivity contribution in [2.75, 3.05) is 24.6 Å². The molecule has 2 heterocycles. The molecule has 0 unspecified atom stereocenters. The second kappa shape index (κ2) is 9.14. The average Bonchev–Trinajstić information content (AvgIpc) is 3.36. The standard InChI is InChI=1S/C19H19N3O5S/c1-2-22(19-21-13-6-3-4-8-15(13)28-19)16(23)12-27-17(24)9-10-20-18(25)14-7-5-11-26-14/h3-8,11H,2,9-10,12H2,1H3,(H,20,25). The monoisotopic (exact) mass is 401 g/mol. The molecule has 0 atom stereocenters. The van der Waals surface area contributed by atoms with Crippen molar-refractivity contribution in [2.45, 2.75) is 13.3 Å². The Labute approximate surface area is 165 Å². The van der Waals surface area contributed by atoms with Crippen LogP contribution >= 0.6 is 11.3 Å². The van der Waals surface area contributed by atoms with Crippen LogP contribution in [0, 0.1) is 0 Å². The summed E-state index contributed by atoms with van der Waals surface area (Å²) in [6.07, 6.45) is 1.34. The van der Waals surface area contributed by atoms with Crippen LogP contribution in [0.4, 0.5) is 5.13 Å². The molecule has 0 aliphatic rings. The van der Waals surface area contributed by atoms with Crippen LogP contribution in [0.2, 0.25) is 0 Å². The Morgan fingerprint density at radius 2 is 2.04 bits per heavy atom. The number of hydrogen-bond donors (Lipinski definition) is 1. The summed E-state index contributed by atoms with van der Waals surface area (Å²) in [7, 11) is 0. The molecule has 3 rings (SSSR count). The lowest BCUT2D eigenvalue weighted by atomic mass is 10.3. The largest absolute Gasteiger partial charge is 0.459 e. The molecule has 1 aromatic carbocycles. The zero-order valence-corrected chi connectivity index (χ0v) is 16.0. The molecule has 0 aliphatic carbocycles. The Kier molecular flexibility index (Phi) is 6.38. The number of thiazole rings is 1. The van der Waals surface area contributed by atoms with E-state index in [0.717, 1.165) is 10.2 Å². The van der Waals surface area contributed by atoms with Crippen molar-refractivity contribution in [1.29, 1.82) is 0 Å². The van der Waals surface area contributed by atoms with Crippen molar-refractivity contribution in [2.24, 2.45) is 0 Å². The van der Waals surface area contributed by atoms with Crippen LogP contribution in [-0.4, -0.2) is 42.5 Å². The van der Waals surface area contributed by atoms with Crippen LogP contribution in [0.25, 0.3) is 10.2 Å². The van der Waals surface area contributed by atoms with Gasteiger partial charge in [-0.25, -0.2) is 4.98 Å². The molecule has 9 heteroatoms. The van der Waals surface area contributed by atoms with Crippen molar-refractivity contribution < 1.29 is 23.5 Å². The van der Waals surface area contributed by atoms with Gasteiger partial charge in [-0.15, -0.1) is 0 Å². The molecule has 28 heavy (non-hydrogen) atoms. The van der Waals surface area contributed by atoms with E-state index in [4.69, 9.17) is 9.15 Å². The molecule has 0 saturated heterocycles. The van der Waals surface area contributed by atoms with Crippen LogP contribution in [0.15, 0.2) is 47.1 Å². The number of fused-ring (bicyclic) bond motifs is 1. The van der Waals surface area contributed by atoms with Gasteiger partial charge in [-0.1, -0.05) is 23.5 Å². The molecule has 0 aliphatic heterocycles. The molecule has 8 nitrogen and oxygen atoms in total. The number of anilines is 1. The maximum atomic E-state index is 12.4. The molecule has 1 N–H and O–H groups in total. The Bertz CT molecular complexity index is 934. The number of amides is 2. The molecule has 0 radical (unpaired) electrons. The van der Waals surface area contributed by atoms with E-state index in [1.807, 2.05) is 31.2 Å². The Morgan fingerprint density at radius 3 is 2.75 bits per heavy atom. The van der Waals surface area contributed by atoms with Crippen LogP contribution < -0.4 is 10.2 Å². The van der Waals surface area contributed by atoms with Gasteiger partial charge in [-0.2, -0.15) is 0 Å². The van der Waals surface area contributed by atoms with Crippen molar-refractivity contribution >= 4 is 44.5 Å². The van der Waals surface area contributed by atoms with Gasteiger partial charge in [0.05, 0.1) is 22.9 Å². The number of esters is 1. The Morgan fingerprint density at radius 1 is 1.21 bits per heavy atom. The fraction of sp³-hybridized carbons (Fsp3) is 0.263. The number of hydrogen-bond acceptors (Lipinski definition) is 7. The maximum Gasteiger partial charge on any atom is 0.308 e. The van der Waals surface area contributed by atoms with Gasteiger partial charge in [0.2, 0.25) is 0 Å². The highest BCUT2D eigenvalue weighted by Gasteiger charge is 2.19. The van der Waals surface area contributed by atoms with E-state index in [1.54, 1.807) is 6.07 Å². The predicted octanol–water partition coefficient (Wildman–Crippen LogP) is 2.61. The highest BCUT2D eigenvalue weighted by atomic mass is 32.1. The number of furan rings is 1. The molecule has 146 valence electrons. The van der Waals surface area contributed by atoms with Gasteiger partial charge >= 0.3 is 5.97 Å². The normalized spacial score (nSPS) is 10.6. The lowest BCUT2D eigenvalue weighted by molar-refractivity contribution is -0.147. The lowest BCUT2D eigenvalue weighted by Crippen LogP contribution is -2.35. The number of likely N-dealkylation sites (N-methyl/N-ethyl adjacent to an activating group) is 1. The summed E-state index contributed by atoms with van der Waals surface area (Å²) in [5.74, 6) is -1.18. The number of rotatable bonds is 8. The zero-order valence-electron chi connectivity index (χ0n) is 15.2. The summed E-state index contributed by atoms with van der Waals surface area (Å²) < 4.78 is 11.0. The van der Waals surface area contributed by atoms with Crippen molar-refractivity contribution in [3.05, 3.63) is 48.4 Å². The summed E-state index contributed by atoms with van der Waals surface area (Å²) in [6.45, 7) is 1.95. The molecule has 3 aromatic rings. The molecule has 2 amide bonds. The van der Waals surface area contributed by atoms with E-state index in [2.05, 4.69) is 10.3 Å². The van der Waals surface area contributed by atoms with Gasteiger partial charge in [0, 0.05) is 13.1 Å². The first kappa shape index (κ1) is 19.6. The molecule has 0 spiro atoms. The van der Waals surface area contributed by atoms with Gasteiger partial charge < -0.3 is 14.5 Å². The SMILES string of the molecule is CCN(C(=O)COC(=O)CCNC(=O)c1ccco1)c1nc2ccccc2s1. The highest BCUT2D eigenvalue weighted by molar-refractivity contribution is 7.22. The van der Waals surface area contributed by atoms with E-state index in [1.165, 1.54) is 28.6 Å². The lowest BCUT2D eigenvalue weighted by Gasteiger charge is -2.17. The average molecular weight is 401 g/mol. The Hall–Kier alpha value is -3.20. The quantitative estimate of drug-likeness (QED) is 0.582. The van der Waals surface area contributed by atoms with Crippen LogP contribution in [0.5, 0.6) is 0 Å². The fourth-order valence-corrected chi connectivity index (χ4v) is 3.51. The molecular weight excluding hydrogens is 382 g/mol. The van der Waals surface area contributed by atoms with Crippen molar-refractivity contribution in [1.82, 2.24) is 10.3 Å². The fourth-order valence-electron chi connectivity index (χ4n) is 2.46. The number of carbonyl (C=O) groups excluding carboxylic acids is 3. The molecule has 0 saturated carbocycles. The van der Waals surface area contributed by atoms with Crippen molar-refractivity contribution in [3.8, 4) is 0 Å². The Balaban J connectivity index is 1.46. The second-order valence-corrected chi connectivity index (χ2v) is 6.76. The van der Waals surface area contributed by atoms with Crippen molar-refractivity contribution in [3.63, 3.8) is 0 Å². The molecule has 2 aromatic heterocycles. The smallest absolute Gasteiger partial charge is 0.308 e. The highest BCUT2D eigenvalue weighted by Crippen LogP contribution is 2.28. The van der Waals surface area contributed by atoms with E-state index in [0.29, 0.717) is 11.7 Å². The maximum absolute atomic E-state index is 12.4. The number of aromatic nitrogens is 1. The number of benzene rings is 1. The number of nitrogens with one attached hydrogen (secondary N) is 1. The predicted molar refractivity (Wildman–Crippen MR) is 104 cm³/mol. The van der Waals surface area contributed by atoms with Gasteiger partial charge in [0.15, 0.2) is 17.5 Å². The summed E-state index contributed by atoms with van der Waals surface area (Å²) >= 11 is 1.41. The zero-order chi connectivity index (χ0) is 19.9. The number of carbonyl (C=O) groups is 3. The third-order valence-electron chi connectivity index (χ3n) is 3.85. The van der Waals surface area contributed by atoms with Crippen LogP contribution in [-0.2, 0) is 14.3 Å². The van der Waals surface area contributed by atoms with E-state index in [9.17, 15) is 14.4 Å². The number of para-hydroxylation sites is 1. The van der Waals surface area contributed by atoms with Gasteiger partial charge in [0.1, 0.15) is 0 Å². The summed E-state index contributed by atoms with van der Waals surface area (Å²) in [4.78, 5) is 41.9. The summed E-state index contributed by atoms with van der Waals surface area (Å²) in [5.41, 5.74) is 0.818. The second-order valence-electron chi connectivity index (χ2n) is 5.75. The number of ether oxygens (including phenoxy) is 1. The van der Waals surface area contributed by atoms with Crippen LogP contribution in [0.3, 0.4) is 0 Å². The first-order valence-electron chi connectivity index (χ1n) is 8.71. The molecule has 0 fully saturated rings. The topological polar surface area (TPSA) is 102 Å². The minimum Gasteiger partial charge on any atom is -0.459 e. The molecular formula is C19H19N3O5S. The van der Waals surface area contributed by atoms with Gasteiger partial charge in [-0.3, -0.25) is 19.3 Å². The molecule has 0 bridgehead atoms. The third kappa shape index (κ3) is 4.74. The van der Waals surface area contributed by atoms with E-state index < -0.39 is 11.9 Å². The summed E-state index contributed by atoms with van der Waals surface area (Å²) in [6, 6.07) is 10.7. The van der Waals surface area contributed by atoms with E-state index >= 15 is 0 Å². The van der Waals surface area contributed by atoms with E-state index in [-0.39, 0.29) is 31.2 Å². The first-order valence-corrected chi connectivity index (χ1v) is 9.53. The summed E-state index contributed by atoms with van der Waals surface area (Å²) in [5, 5.41) is 3.11. The minimum absolute atomic E-state index is 0.0486. The van der Waals surface area contributed by atoms with Gasteiger partial charge in [-0.05, 0) is 31.2 Å². The first-order chi connectivity index (χ1) is 13.6. The van der Waals surface area contributed by atoms with Gasteiger partial charge in [0.25, 0.3) is 11.8 Å².